The number of nitrogens with one attached hydrogen (secondary N) is 1. The summed E-state index contributed by atoms with van der Waals surface area (Å²) in [5, 5.41) is 3.01. The molecule has 0 spiro atoms. The lowest BCUT2D eigenvalue weighted by Crippen LogP contribution is -2.51. The van der Waals surface area contributed by atoms with Crippen LogP contribution in [0.15, 0.2) is 48.5 Å². The molecular formula is C25H34N2O2. The second-order valence-corrected chi connectivity index (χ2v) is 7.92. The van der Waals surface area contributed by atoms with Crippen molar-refractivity contribution in [3.63, 3.8) is 0 Å². The Morgan fingerprint density at radius 1 is 1.03 bits per heavy atom. The average molecular weight is 395 g/mol. The minimum Gasteiger partial charge on any atom is -0.352 e. The van der Waals surface area contributed by atoms with Crippen LogP contribution in [0.5, 0.6) is 0 Å². The number of benzene rings is 2. The SMILES string of the molecule is CCC(C)NC(=O)C(C)N(CCc1ccccc1)C(=O)Cc1cc(C)ccc1C. The van der Waals surface area contributed by atoms with Crippen LogP contribution in [0.3, 0.4) is 0 Å². The van der Waals surface area contributed by atoms with Gasteiger partial charge in [-0.25, -0.2) is 0 Å². The predicted molar refractivity (Wildman–Crippen MR) is 119 cm³/mol. The number of carbonyl (C=O) groups is 2. The summed E-state index contributed by atoms with van der Waals surface area (Å²) in [6.45, 7) is 10.4. The summed E-state index contributed by atoms with van der Waals surface area (Å²) < 4.78 is 0. The molecule has 4 nitrogen and oxygen atoms in total. The third-order valence-electron chi connectivity index (χ3n) is 5.50. The van der Waals surface area contributed by atoms with Crippen LogP contribution in [-0.2, 0) is 22.4 Å². The fraction of sp³-hybridized carbons (Fsp3) is 0.440. The molecule has 0 heterocycles. The molecule has 2 aromatic carbocycles. The van der Waals surface area contributed by atoms with Crippen molar-refractivity contribution in [2.75, 3.05) is 6.54 Å². The van der Waals surface area contributed by atoms with Crippen LogP contribution in [0, 0.1) is 13.8 Å². The summed E-state index contributed by atoms with van der Waals surface area (Å²) in [5.41, 5.74) is 4.42. The molecule has 2 rings (SSSR count). The Morgan fingerprint density at radius 2 is 1.72 bits per heavy atom. The van der Waals surface area contributed by atoms with Crippen molar-refractivity contribution >= 4 is 11.8 Å². The van der Waals surface area contributed by atoms with E-state index in [1.54, 1.807) is 4.90 Å². The van der Waals surface area contributed by atoms with Gasteiger partial charge in [0.15, 0.2) is 0 Å². The van der Waals surface area contributed by atoms with Crippen molar-refractivity contribution in [1.82, 2.24) is 10.2 Å². The highest BCUT2D eigenvalue weighted by Crippen LogP contribution is 2.15. The first kappa shape index (κ1) is 22.7. The molecule has 0 saturated heterocycles. The molecule has 0 bridgehead atoms. The normalized spacial score (nSPS) is 12.9. The molecule has 0 fully saturated rings. The van der Waals surface area contributed by atoms with E-state index in [1.807, 2.05) is 58.9 Å². The Balaban J connectivity index is 2.18. The van der Waals surface area contributed by atoms with E-state index in [-0.39, 0.29) is 17.9 Å². The van der Waals surface area contributed by atoms with E-state index in [4.69, 9.17) is 0 Å². The van der Waals surface area contributed by atoms with Crippen LogP contribution in [0.2, 0.25) is 0 Å². The maximum Gasteiger partial charge on any atom is 0.242 e. The smallest absolute Gasteiger partial charge is 0.242 e. The van der Waals surface area contributed by atoms with Crippen molar-refractivity contribution in [2.24, 2.45) is 0 Å². The lowest BCUT2D eigenvalue weighted by molar-refractivity contribution is -0.139. The molecule has 2 aromatic rings. The monoisotopic (exact) mass is 394 g/mol. The van der Waals surface area contributed by atoms with E-state index in [1.165, 1.54) is 0 Å². The molecule has 0 saturated carbocycles. The Kier molecular flexibility index (Phi) is 8.44. The number of aryl methyl sites for hydroxylation is 2. The molecule has 2 amide bonds. The zero-order chi connectivity index (χ0) is 21.4. The van der Waals surface area contributed by atoms with Crippen LogP contribution in [-0.4, -0.2) is 35.3 Å². The first-order valence-electron chi connectivity index (χ1n) is 10.5. The highest BCUT2D eigenvalue weighted by molar-refractivity contribution is 5.88. The van der Waals surface area contributed by atoms with Gasteiger partial charge in [0.2, 0.25) is 11.8 Å². The van der Waals surface area contributed by atoms with Gasteiger partial charge in [-0.15, -0.1) is 0 Å². The van der Waals surface area contributed by atoms with Gasteiger partial charge in [0, 0.05) is 12.6 Å². The number of hydrogen-bond acceptors (Lipinski definition) is 2. The molecule has 0 aliphatic heterocycles. The van der Waals surface area contributed by atoms with Crippen LogP contribution in [0.25, 0.3) is 0 Å². The lowest BCUT2D eigenvalue weighted by Gasteiger charge is -2.30. The Bertz CT molecular complexity index is 817. The van der Waals surface area contributed by atoms with Crippen molar-refractivity contribution in [1.29, 1.82) is 0 Å². The van der Waals surface area contributed by atoms with E-state index < -0.39 is 6.04 Å². The van der Waals surface area contributed by atoms with E-state index >= 15 is 0 Å². The second-order valence-electron chi connectivity index (χ2n) is 7.92. The first-order valence-corrected chi connectivity index (χ1v) is 10.5. The maximum atomic E-state index is 13.2. The first-order chi connectivity index (χ1) is 13.8. The quantitative estimate of drug-likeness (QED) is 0.692. The minimum atomic E-state index is -0.509. The summed E-state index contributed by atoms with van der Waals surface area (Å²) in [6, 6.07) is 15.8. The lowest BCUT2D eigenvalue weighted by atomic mass is 10.0. The van der Waals surface area contributed by atoms with E-state index in [0.29, 0.717) is 13.0 Å². The molecule has 156 valence electrons. The topological polar surface area (TPSA) is 49.4 Å². The van der Waals surface area contributed by atoms with Crippen molar-refractivity contribution in [3.05, 3.63) is 70.8 Å². The number of amides is 2. The van der Waals surface area contributed by atoms with Crippen molar-refractivity contribution < 1.29 is 9.59 Å². The van der Waals surface area contributed by atoms with Crippen LogP contribution in [0.4, 0.5) is 0 Å². The molecule has 29 heavy (non-hydrogen) atoms. The van der Waals surface area contributed by atoms with Crippen molar-refractivity contribution in [2.45, 2.75) is 66.0 Å². The second kappa shape index (κ2) is 10.8. The highest BCUT2D eigenvalue weighted by Gasteiger charge is 2.26. The third-order valence-corrected chi connectivity index (χ3v) is 5.50. The molecule has 2 atom stereocenters. The third kappa shape index (κ3) is 6.74. The Morgan fingerprint density at radius 3 is 2.38 bits per heavy atom. The van der Waals surface area contributed by atoms with Gasteiger partial charge in [-0.1, -0.05) is 61.0 Å². The van der Waals surface area contributed by atoms with Gasteiger partial charge in [-0.2, -0.15) is 0 Å². The summed E-state index contributed by atoms with van der Waals surface area (Å²) in [7, 11) is 0. The minimum absolute atomic E-state index is 0.0126. The highest BCUT2D eigenvalue weighted by atomic mass is 16.2. The number of nitrogens with zero attached hydrogens (tertiary/aromatic N) is 1. The van der Waals surface area contributed by atoms with E-state index in [2.05, 4.69) is 29.6 Å². The van der Waals surface area contributed by atoms with Gasteiger partial charge >= 0.3 is 0 Å². The van der Waals surface area contributed by atoms with Gasteiger partial charge in [0.05, 0.1) is 6.42 Å². The largest absolute Gasteiger partial charge is 0.352 e. The van der Waals surface area contributed by atoms with Gasteiger partial charge in [0.25, 0.3) is 0 Å². The number of carbonyl (C=O) groups excluding carboxylic acids is 2. The fourth-order valence-electron chi connectivity index (χ4n) is 3.29. The zero-order valence-electron chi connectivity index (χ0n) is 18.4. The fourth-order valence-corrected chi connectivity index (χ4v) is 3.29. The predicted octanol–water partition coefficient (Wildman–Crippen LogP) is 4.22. The summed E-state index contributed by atoms with van der Waals surface area (Å²) in [4.78, 5) is 27.7. The van der Waals surface area contributed by atoms with Crippen molar-refractivity contribution in [3.8, 4) is 0 Å². The van der Waals surface area contributed by atoms with Gasteiger partial charge in [-0.3, -0.25) is 9.59 Å². The van der Waals surface area contributed by atoms with E-state index in [9.17, 15) is 9.59 Å². The van der Waals surface area contributed by atoms with Crippen LogP contribution < -0.4 is 5.32 Å². The molecule has 0 aliphatic carbocycles. The molecule has 1 N–H and O–H groups in total. The van der Waals surface area contributed by atoms with Crippen LogP contribution >= 0.6 is 0 Å². The number of rotatable bonds is 9. The molecular weight excluding hydrogens is 360 g/mol. The molecule has 4 heteroatoms. The molecule has 0 radical (unpaired) electrons. The standard InChI is InChI=1S/C25H34N2O2/c1-6-20(4)26-25(29)21(5)27(15-14-22-10-8-7-9-11-22)24(28)17-23-16-18(2)12-13-19(23)3/h7-13,16,20-21H,6,14-15,17H2,1-5H3,(H,26,29). The molecule has 0 aliphatic rings. The summed E-state index contributed by atoms with van der Waals surface area (Å²) in [6.07, 6.45) is 1.89. The Labute approximate surface area is 175 Å². The zero-order valence-corrected chi connectivity index (χ0v) is 18.4. The summed E-state index contributed by atoms with van der Waals surface area (Å²) in [5.74, 6) is -0.108. The number of hydrogen-bond donors (Lipinski definition) is 1. The molecule has 0 aromatic heterocycles. The van der Waals surface area contributed by atoms with E-state index in [0.717, 1.165) is 35.1 Å². The van der Waals surface area contributed by atoms with Gasteiger partial charge in [-0.05, 0) is 57.2 Å². The summed E-state index contributed by atoms with van der Waals surface area (Å²) >= 11 is 0. The van der Waals surface area contributed by atoms with Gasteiger partial charge in [0.1, 0.15) is 6.04 Å². The van der Waals surface area contributed by atoms with Gasteiger partial charge < -0.3 is 10.2 Å². The maximum absolute atomic E-state index is 13.2. The molecule has 2 unspecified atom stereocenters. The van der Waals surface area contributed by atoms with Crippen LogP contribution in [0.1, 0.15) is 49.4 Å². The average Bonchev–Trinajstić information content (AvgIpc) is 2.71. The Hall–Kier alpha value is -2.62.